The highest BCUT2D eigenvalue weighted by Crippen LogP contribution is 2.27. The molecule has 126 valence electrons. The van der Waals surface area contributed by atoms with E-state index in [-0.39, 0.29) is 28.2 Å². The standard InChI is InChI=1S/C16H22N2O4S/c1-3-10-17-16(19)12-8-9-14(22-2)15(11-12)23(20,21)18-13-6-4-5-7-13/h3,8-9,11,13,18H,1,4-7,10H2,2H3,(H,17,19). The Bertz CT molecular complexity index is 679. The van der Waals surface area contributed by atoms with Crippen molar-refractivity contribution in [3.8, 4) is 5.75 Å². The minimum Gasteiger partial charge on any atom is -0.495 e. The number of carbonyl (C=O) groups is 1. The minimum absolute atomic E-state index is 0.0156. The second kappa shape index (κ2) is 7.61. The third-order valence-electron chi connectivity index (χ3n) is 3.80. The molecule has 1 fully saturated rings. The van der Waals surface area contributed by atoms with Gasteiger partial charge in [0.15, 0.2) is 0 Å². The Kier molecular flexibility index (Phi) is 5.79. The molecule has 1 saturated carbocycles. The van der Waals surface area contributed by atoms with Gasteiger partial charge in [-0.15, -0.1) is 6.58 Å². The van der Waals surface area contributed by atoms with E-state index in [0.717, 1.165) is 25.7 Å². The fraction of sp³-hybridized carbons (Fsp3) is 0.438. The number of benzene rings is 1. The topological polar surface area (TPSA) is 84.5 Å². The molecule has 0 radical (unpaired) electrons. The number of ether oxygens (including phenoxy) is 1. The lowest BCUT2D eigenvalue weighted by Crippen LogP contribution is -2.33. The molecule has 0 heterocycles. The van der Waals surface area contributed by atoms with Crippen LogP contribution in [0, 0.1) is 0 Å². The van der Waals surface area contributed by atoms with E-state index in [9.17, 15) is 13.2 Å². The molecule has 1 aliphatic carbocycles. The Labute approximate surface area is 137 Å². The Hall–Kier alpha value is -1.86. The van der Waals surface area contributed by atoms with Gasteiger partial charge in [0.2, 0.25) is 10.0 Å². The van der Waals surface area contributed by atoms with E-state index in [1.54, 1.807) is 6.08 Å². The van der Waals surface area contributed by atoms with E-state index >= 15 is 0 Å². The van der Waals surface area contributed by atoms with Gasteiger partial charge in [-0.3, -0.25) is 4.79 Å². The minimum atomic E-state index is -3.74. The molecule has 0 saturated heterocycles. The third-order valence-corrected chi connectivity index (χ3v) is 5.34. The molecule has 23 heavy (non-hydrogen) atoms. The molecule has 2 N–H and O–H groups in total. The van der Waals surface area contributed by atoms with Crippen molar-refractivity contribution in [1.82, 2.24) is 10.0 Å². The summed E-state index contributed by atoms with van der Waals surface area (Å²) < 4.78 is 33.1. The maximum absolute atomic E-state index is 12.6. The lowest BCUT2D eigenvalue weighted by molar-refractivity contribution is 0.0957. The summed E-state index contributed by atoms with van der Waals surface area (Å²) in [5.74, 6) is -0.138. The molecular formula is C16H22N2O4S. The van der Waals surface area contributed by atoms with Crippen LogP contribution in [0.5, 0.6) is 5.75 Å². The largest absolute Gasteiger partial charge is 0.495 e. The first-order valence-electron chi connectivity index (χ1n) is 7.57. The van der Waals surface area contributed by atoms with E-state index in [4.69, 9.17) is 4.74 Å². The van der Waals surface area contributed by atoms with Crippen molar-refractivity contribution in [2.45, 2.75) is 36.6 Å². The summed E-state index contributed by atoms with van der Waals surface area (Å²) in [5, 5.41) is 2.62. The molecule has 0 unspecified atom stereocenters. The molecule has 7 heteroatoms. The molecule has 0 bridgehead atoms. The monoisotopic (exact) mass is 338 g/mol. The third kappa shape index (κ3) is 4.33. The highest BCUT2D eigenvalue weighted by Gasteiger charge is 2.26. The van der Waals surface area contributed by atoms with Crippen LogP contribution < -0.4 is 14.8 Å². The molecule has 0 atom stereocenters. The van der Waals surface area contributed by atoms with Gasteiger partial charge in [-0.1, -0.05) is 18.9 Å². The highest BCUT2D eigenvalue weighted by molar-refractivity contribution is 7.89. The van der Waals surface area contributed by atoms with Gasteiger partial charge in [0.1, 0.15) is 10.6 Å². The molecule has 1 aliphatic rings. The predicted molar refractivity (Wildman–Crippen MR) is 88.1 cm³/mol. The summed E-state index contributed by atoms with van der Waals surface area (Å²) in [5.41, 5.74) is 0.263. The zero-order valence-electron chi connectivity index (χ0n) is 13.2. The summed E-state index contributed by atoms with van der Waals surface area (Å²) in [7, 11) is -2.33. The van der Waals surface area contributed by atoms with E-state index in [2.05, 4.69) is 16.6 Å². The number of carbonyl (C=O) groups excluding carboxylic acids is 1. The van der Waals surface area contributed by atoms with Gasteiger partial charge in [-0.05, 0) is 31.0 Å². The zero-order valence-corrected chi connectivity index (χ0v) is 14.0. The SMILES string of the molecule is C=CCNC(=O)c1ccc(OC)c(S(=O)(=O)NC2CCCC2)c1. The Morgan fingerprint density at radius 3 is 2.70 bits per heavy atom. The zero-order chi connectivity index (χ0) is 16.9. The molecular weight excluding hydrogens is 316 g/mol. The van der Waals surface area contributed by atoms with Gasteiger partial charge in [0.25, 0.3) is 5.91 Å². The van der Waals surface area contributed by atoms with E-state index < -0.39 is 10.0 Å². The lowest BCUT2D eigenvalue weighted by atomic mass is 10.2. The van der Waals surface area contributed by atoms with Gasteiger partial charge in [0, 0.05) is 18.2 Å². The Morgan fingerprint density at radius 1 is 1.39 bits per heavy atom. The molecule has 0 spiro atoms. The quantitative estimate of drug-likeness (QED) is 0.743. The van der Waals surface area contributed by atoms with Crippen LogP contribution in [0.3, 0.4) is 0 Å². The molecule has 2 rings (SSSR count). The highest BCUT2D eigenvalue weighted by atomic mass is 32.2. The summed E-state index contributed by atoms with van der Waals surface area (Å²) in [6.07, 6.45) is 5.27. The van der Waals surface area contributed by atoms with Crippen molar-refractivity contribution in [3.63, 3.8) is 0 Å². The molecule has 1 aromatic carbocycles. The van der Waals surface area contributed by atoms with Crippen LogP contribution in [-0.4, -0.2) is 34.0 Å². The number of amides is 1. The number of sulfonamides is 1. The Balaban J connectivity index is 2.30. The number of hydrogen-bond acceptors (Lipinski definition) is 4. The van der Waals surface area contributed by atoms with E-state index in [0.29, 0.717) is 6.54 Å². The van der Waals surface area contributed by atoms with Crippen molar-refractivity contribution in [1.29, 1.82) is 0 Å². The normalized spacial score (nSPS) is 15.3. The van der Waals surface area contributed by atoms with Gasteiger partial charge in [-0.2, -0.15) is 0 Å². The second-order valence-electron chi connectivity index (χ2n) is 5.47. The van der Waals surface area contributed by atoms with Crippen molar-refractivity contribution < 1.29 is 17.9 Å². The van der Waals surface area contributed by atoms with Crippen molar-refractivity contribution >= 4 is 15.9 Å². The van der Waals surface area contributed by atoms with Crippen LogP contribution in [0.4, 0.5) is 0 Å². The first-order valence-corrected chi connectivity index (χ1v) is 9.05. The predicted octanol–water partition coefficient (Wildman–Crippen LogP) is 1.83. The van der Waals surface area contributed by atoms with Crippen LogP contribution in [0.2, 0.25) is 0 Å². The average Bonchev–Trinajstić information content (AvgIpc) is 3.04. The number of hydrogen-bond donors (Lipinski definition) is 2. The van der Waals surface area contributed by atoms with Crippen molar-refractivity contribution in [3.05, 3.63) is 36.4 Å². The van der Waals surface area contributed by atoms with Gasteiger partial charge < -0.3 is 10.1 Å². The number of methoxy groups -OCH3 is 1. The molecule has 0 aromatic heterocycles. The first-order chi connectivity index (χ1) is 11.0. The summed E-state index contributed by atoms with van der Waals surface area (Å²) >= 11 is 0. The fourth-order valence-electron chi connectivity index (χ4n) is 2.62. The summed E-state index contributed by atoms with van der Waals surface area (Å²) in [4.78, 5) is 12.0. The fourth-order valence-corrected chi connectivity index (χ4v) is 4.12. The maximum Gasteiger partial charge on any atom is 0.251 e. The van der Waals surface area contributed by atoms with Gasteiger partial charge in [-0.25, -0.2) is 13.1 Å². The maximum atomic E-state index is 12.6. The van der Waals surface area contributed by atoms with Crippen LogP contribution in [0.15, 0.2) is 35.7 Å². The molecule has 1 amide bonds. The van der Waals surface area contributed by atoms with Gasteiger partial charge in [0.05, 0.1) is 7.11 Å². The second-order valence-corrected chi connectivity index (χ2v) is 7.15. The molecule has 6 nitrogen and oxygen atoms in total. The van der Waals surface area contributed by atoms with Crippen LogP contribution in [0.1, 0.15) is 36.0 Å². The molecule has 1 aromatic rings. The first kappa shape index (κ1) is 17.5. The number of rotatable bonds is 7. The Morgan fingerprint density at radius 2 is 2.09 bits per heavy atom. The van der Waals surface area contributed by atoms with E-state index in [1.807, 2.05) is 0 Å². The average molecular weight is 338 g/mol. The van der Waals surface area contributed by atoms with Crippen LogP contribution in [0.25, 0.3) is 0 Å². The van der Waals surface area contributed by atoms with Gasteiger partial charge >= 0.3 is 0 Å². The smallest absolute Gasteiger partial charge is 0.251 e. The number of nitrogens with one attached hydrogen (secondary N) is 2. The van der Waals surface area contributed by atoms with Crippen molar-refractivity contribution in [2.75, 3.05) is 13.7 Å². The van der Waals surface area contributed by atoms with E-state index in [1.165, 1.54) is 25.3 Å². The van der Waals surface area contributed by atoms with Crippen LogP contribution in [-0.2, 0) is 10.0 Å². The summed E-state index contributed by atoms with van der Waals surface area (Å²) in [6, 6.07) is 4.31. The molecule has 0 aliphatic heterocycles. The van der Waals surface area contributed by atoms with Crippen LogP contribution >= 0.6 is 0 Å². The summed E-state index contributed by atoms with van der Waals surface area (Å²) in [6.45, 7) is 3.84. The lowest BCUT2D eigenvalue weighted by Gasteiger charge is -2.15. The van der Waals surface area contributed by atoms with Crippen molar-refractivity contribution in [2.24, 2.45) is 0 Å².